The van der Waals surface area contributed by atoms with E-state index in [9.17, 15) is 17.8 Å². The van der Waals surface area contributed by atoms with Gasteiger partial charge in [0.1, 0.15) is 17.4 Å². The van der Waals surface area contributed by atoms with Crippen molar-refractivity contribution in [1.82, 2.24) is 0 Å². The topological polar surface area (TPSA) is 107 Å². The highest BCUT2D eigenvalue weighted by Crippen LogP contribution is 2.26. The van der Waals surface area contributed by atoms with Gasteiger partial charge < -0.3 is 4.74 Å². The largest absolute Gasteiger partial charge is 0.477 e. The van der Waals surface area contributed by atoms with E-state index in [2.05, 4.69) is 19.1 Å². The van der Waals surface area contributed by atoms with Crippen LogP contribution >= 0.6 is 0 Å². The van der Waals surface area contributed by atoms with Crippen LogP contribution < -0.4 is 10.5 Å². The molecule has 0 radical (unpaired) electrons. The molecule has 0 saturated heterocycles. The Balaban J connectivity index is 2.18. The lowest BCUT2D eigenvalue weighted by molar-refractivity contribution is 0.0979. The number of carbonyl (C=O) groups excluding carboxylic acids is 1. The number of ether oxygens (including phenoxy) is 1. The highest BCUT2D eigenvalue weighted by molar-refractivity contribution is 7.86. The lowest BCUT2D eigenvalue weighted by Gasteiger charge is -2.09. The van der Waals surface area contributed by atoms with E-state index in [1.807, 2.05) is 0 Å². The average Bonchev–Trinajstić information content (AvgIpc) is 2.76. The molecular formula is C25H41NO5S. The van der Waals surface area contributed by atoms with Crippen LogP contribution in [0.4, 0.5) is 0 Å². The Kier molecular flexibility index (Phi) is 14.9. The van der Waals surface area contributed by atoms with Crippen LogP contribution in [0, 0.1) is 0 Å². The summed E-state index contributed by atoms with van der Waals surface area (Å²) in [7, 11) is -4.50. The quantitative estimate of drug-likeness (QED) is 0.0796. The van der Waals surface area contributed by atoms with E-state index in [-0.39, 0.29) is 23.8 Å². The van der Waals surface area contributed by atoms with Crippen LogP contribution in [0.25, 0.3) is 0 Å². The van der Waals surface area contributed by atoms with Crippen molar-refractivity contribution in [2.45, 2.75) is 102 Å². The zero-order valence-corrected chi connectivity index (χ0v) is 20.4. The number of nitrogens with two attached hydrogens (primary N) is 1. The lowest BCUT2D eigenvalue weighted by atomic mass is 10.0. The number of ketones is 1. The molecule has 0 saturated carbocycles. The summed E-state index contributed by atoms with van der Waals surface area (Å²) in [6.07, 6.45) is 20.4. The molecule has 182 valence electrons. The Morgan fingerprint density at radius 1 is 0.938 bits per heavy atom. The molecular weight excluding hydrogens is 426 g/mol. The SMILES string of the molecule is CCCCCCCC/C=C\CCCCCCCC(=O)c1ccc(OCN)c(S(=O)(=O)O)c1. The second-order valence-corrected chi connectivity index (χ2v) is 9.60. The van der Waals surface area contributed by atoms with Gasteiger partial charge in [-0.15, -0.1) is 0 Å². The third-order valence-corrected chi connectivity index (χ3v) is 6.32. The van der Waals surface area contributed by atoms with Gasteiger partial charge in [0, 0.05) is 12.0 Å². The monoisotopic (exact) mass is 467 g/mol. The van der Waals surface area contributed by atoms with Gasteiger partial charge in [-0.05, 0) is 50.3 Å². The van der Waals surface area contributed by atoms with Crippen molar-refractivity contribution >= 4 is 15.9 Å². The Morgan fingerprint density at radius 3 is 2.06 bits per heavy atom. The number of Topliss-reactive ketones (excluding diaryl/α,β-unsaturated/α-hetero) is 1. The van der Waals surface area contributed by atoms with Crippen molar-refractivity contribution in [3.8, 4) is 5.75 Å². The number of carbonyl (C=O) groups is 1. The summed E-state index contributed by atoms with van der Waals surface area (Å²) < 4.78 is 37.4. The molecule has 0 bridgehead atoms. The molecule has 7 heteroatoms. The summed E-state index contributed by atoms with van der Waals surface area (Å²) in [5, 5.41) is 0. The maximum absolute atomic E-state index is 12.4. The molecule has 1 aromatic carbocycles. The first-order valence-corrected chi connectivity index (χ1v) is 13.5. The maximum atomic E-state index is 12.4. The molecule has 0 aliphatic rings. The van der Waals surface area contributed by atoms with Crippen LogP contribution in [-0.2, 0) is 10.1 Å². The van der Waals surface area contributed by atoms with E-state index < -0.39 is 15.0 Å². The minimum Gasteiger partial charge on any atom is -0.477 e. The van der Waals surface area contributed by atoms with Crippen LogP contribution in [0.15, 0.2) is 35.2 Å². The van der Waals surface area contributed by atoms with Crippen LogP contribution in [0.5, 0.6) is 5.75 Å². The van der Waals surface area contributed by atoms with E-state index in [0.717, 1.165) is 38.2 Å². The number of benzene rings is 1. The first-order chi connectivity index (χ1) is 15.4. The van der Waals surface area contributed by atoms with Gasteiger partial charge in [-0.1, -0.05) is 70.4 Å². The van der Waals surface area contributed by atoms with Crippen LogP contribution in [0.2, 0.25) is 0 Å². The normalized spacial score (nSPS) is 11.8. The predicted octanol–water partition coefficient (Wildman–Crippen LogP) is 6.45. The molecule has 1 aromatic rings. The standard InChI is InChI=1S/C25H41NO5S/c1-2-3-4-5-6-7-8-9-10-11-12-13-14-15-16-17-23(27)22-18-19-24(31-21-26)25(20-22)32(28,29)30/h9-10,18-20H,2-8,11-17,21,26H2,1H3,(H,28,29,30)/b10-9-. The Hall–Kier alpha value is -1.70. The van der Waals surface area contributed by atoms with Gasteiger partial charge in [-0.3, -0.25) is 15.1 Å². The first-order valence-electron chi connectivity index (χ1n) is 12.0. The Morgan fingerprint density at radius 2 is 1.50 bits per heavy atom. The lowest BCUT2D eigenvalue weighted by Crippen LogP contribution is -2.11. The van der Waals surface area contributed by atoms with E-state index >= 15 is 0 Å². The molecule has 1 rings (SSSR count). The summed E-state index contributed by atoms with van der Waals surface area (Å²) in [6, 6.07) is 4.00. The van der Waals surface area contributed by atoms with Gasteiger partial charge in [0.25, 0.3) is 10.1 Å². The number of rotatable bonds is 19. The summed E-state index contributed by atoms with van der Waals surface area (Å²) in [5.41, 5.74) is 5.52. The smallest absolute Gasteiger partial charge is 0.298 e. The molecule has 0 spiro atoms. The van der Waals surface area contributed by atoms with E-state index in [0.29, 0.717) is 6.42 Å². The maximum Gasteiger partial charge on any atom is 0.298 e. The van der Waals surface area contributed by atoms with Crippen LogP contribution in [0.3, 0.4) is 0 Å². The summed E-state index contributed by atoms with van der Waals surface area (Å²) in [5.74, 6) is -0.209. The zero-order valence-electron chi connectivity index (χ0n) is 19.6. The van der Waals surface area contributed by atoms with Gasteiger partial charge in [-0.2, -0.15) is 8.42 Å². The average molecular weight is 468 g/mol. The van der Waals surface area contributed by atoms with Crippen molar-refractivity contribution < 1.29 is 22.5 Å². The molecule has 0 fully saturated rings. The Labute approximate surface area is 194 Å². The van der Waals surface area contributed by atoms with Gasteiger partial charge >= 0.3 is 0 Å². The van der Waals surface area contributed by atoms with Crippen molar-refractivity contribution in [2.75, 3.05) is 6.73 Å². The molecule has 32 heavy (non-hydrogen) atoms. The number of allylic oxidation sites excluding steroid dienone is 2. The van der Waals surface area contributed by atoms with Gasteiger partial charge in [0.15, 0.2) is 5.78 Å². The molecule has 0 aliphatic heterocycles. The highest BCUT2D eigenvalue weighted by atomic mass is 32.2. The zero-order chi connectivity index (χ0) is 23.7. The van der Waals surface area contributed by atoms with Gasteiger partial charge in [0.05, 0.1) is 0 Å². The van der Waals surface area contributed by atoms with E-state index in [1.165, 1.54) is 63.5 Å². The second-order valence-electron chi connectivity index (χ2n) is 8.21. The molecule has 0 atom stereocenters. The van der Waals surface area contributed by atoms with Crippen molar-refractivity contribution in [3.05, 3.63) is 35.9 Å². The van der Waals surface area contributed by atoms with Gasteiger partial charge in [0.2, 0.25) is 0 Å². The number of unbranched alkanes of at least 4 members (excludes halogenated alkanes) is 11. The Bertz CT molecular complexity index is 790. The molecule has 3 N–H and O–H groups in total. The summed E-state index contributed by atoms with van der Waals surface area (Å²) >= 11 is 0. The number of hydrogen-bond donors (Lipinski definition) is 2. The predicted molar refractivity (Wildman–Crippen MR) is 130 cm³/mol. The van der Waals surface area contributed by atoms with E-state index in [1.54, 1.807) is 0 Å². The highest BCUT2D eigenvalue weighted by Gasteiger charge is 2.19. The van der Waals surface area contributed by atoms with Gasteiger partial charge in [-0.25, -0.2) is 0 Å². The summed E-state index contributed by atoms with van der Waals surface area (Å²) in [4.78, 5) is 11.9. The molecule has 0 unspecified atom stereocenters. The van der Waals surface area contributed by atoms with Crippen molar-refractivity contribution in [2.24, 2.45) is 5.73 Å². The molecule has 0 amide bonds. The third kappa shape index (κ3) is 12.4. The summed E-state index contributed by atoms with van der Waals surface area (Å²) in [6.45, 7) is 2.01. The molecule has 6 nitrogen and oxygen atoms in total. The first kappa shape index (κ1) is 28.3. The van der Waals surface area contributed by atoms with Crippen molar-refractivity contribution in [1.29, 1.82) is 0 Å². The van der Waals surface area contributed by atoms with Crippen molar-refractivity contribution in [3.63, 3.8) is 0 Å². The molecule has 0 aliphatic carbocycles. The van der Waals surface area contributed by atoms with E-state index in [4.69, 9.17) is 10.5 Å². The fourth-order valence-electron chi connectivity index (χ4n) is 3.59. The van der Waals surface area contributed by atoms with Crippen LogP contribution in [-0.4, -0.2) is 25.5 Å². The second kappa shape index (κ2) is 16.9. The van der Waals surface area contributed by atoms with Crippen LogP contribution in [0.1, 0.15) is 107 Å². The minimum absolute atomic E-state index is 0.0624. The molecule has 0 heterocycles. The minimum atomic E-state index is -4.50. The fourth-order valence-corrected chi connectivity index (χ4v) is 4.25. The third-order valence-electron chi connectivity index (χ3n) is 5.45. The number of hydrogen-bond acceptors (Lipinski definition) is 5. The molecule has 0 aromatic heterocycles. The fraction of sp³-hybridized carbons (Fsp3) is 0.640.